The van der Waals surface area contributed by atoms with Gasteiger partial charge in [0.1, 0.15) is 5.75 Å². The van der Waals surface area contributed by atoms with Gasteiger partial charge >= 0.3 is 6.36 Å². The van der Waals surface area contributed by atoms with Crippen molar-refractivity contribution in [2.45, 2.75) is 19.7 Å². The first-order valence-electron chi connectivity index (χ1n) is 6.09. The van der Waals surface area contributed by atoms with Crippen LogP contribution in [0.3, 0.4) is 0 Å². The molecule has 0 aromatic heterocycles. The quantitative estimate of drug-likeness (QED) is 0.814. The van der Waals surface area contributed by atoms with Crippen LogP contribution >= 0.6 is 0 Å². The number of hydrogen-bond acceptors (Lipinski definition) is 2. The topological polar surface area (TPSA) is 12.5 Å². The normalized spacial score (nSPS) is 17.2. The lowest BCUT2D eigenvalue weighted by Gasteiger charge is -2.24. The fourth-order valence-corrected chi connectivity index (χ4v) is 2.28. The van der Waals surface area contributed by atoms with Gasteiger partial charge in [-0.05, 0) is 49.2 Å². The maximum Gasteiger partial charge on any atom is 0.573 e. The maximum absolute atomic E-state index is 12.1. The number of aryl methyl sites for hydroxylation is 1. The lowest BCUT2D eigenvalue weighted by Crippen LogP contribution is -2.25. The molecule has 2 nitrogen and oxygen atoms in total. The molecular formula is C14H16F3NO. The average molecular weight is 271 g/mol. The van der Waals surface area contributed by atoms with Crippen LogP contribution in [0.5, 0.6) is 5.75 Å². The molecule has 0 unspecified atom stereocenters. The molecule has 1 aliphatic rings. The standard InChI is InChI=1S/C14H16F3NO/c1-10-8-12(19-14(15,16)17)5-6-13(10)11-4-3-7-18(2)9-11/h4-6,8H,3,7,9H2,1-2H3. The van der Waals surface area contributed by atoms with Gasteiger partial charge < -0.3 is 9.64 Å². The van der Waals surface area contributed by atoms with Crippen molar-refractivity contribution in [1.29, 1.82) is 0 Å². The van der Waals surface area contributed by atoms with Crippen molar-refractivity contribution in [3.8, 4) is 5.75 Å². The number of hydrogen-bond donors (Lipinski definition) is 0. The van der Waals surface area contributed by atoms with Gasteiger partial charge in [0, 0.05) is 13.1 Å². The number of benzene rings is 1. The van der Waals surface area contributed by atoms with E-state index in [1.807, 2.05) is 7.05 Å². The van der Waals surface area contributed by atoms with Crippen LogP contribution in [-0.4, -0.2) is 31.4 Å². The van der Waals surface area contributed by atoms with Crippen LogP contribution in [0, 0.1) is 6.92 Å². The first-order valence-corrected chi connectivity index (χ1v) is 6.09. The fourth-order valence-electron chi connectivity index (χ4n) is 2.28. The Morgan fingerprint density at radius 3 is 2.58 bits per heavy atom. The van der Waals surface area contributed by atoms with E-state index >= 15 is 0 Å². The molecule has 5 heteroatoms. The summed E-state index contributed by atoms with van der Waals surface area (Å²) in [4.78, 5) is 2.19. The number of halogens is 3. The molecule has 0 saturated heterocycles. The van der Waals surface area contributed by atoms with Gasteiger partial charge in [-0.2, -0.15) is 0 Å². The lowest BCUT2D eigenvalue weighted by atomic mass is 9.97. The molecule has 1 aromatic rings. The minimum absolute atomic E-state index is 0.168. The molecule has 0 amide bonds. The predicted molar refractivity (Wildman–Crippen MR) is 68.0 cm³/mol. The van der Waals surface area contributed by atoms with Crippen LogP contribution < -0.4 is 4.74 Å². The van der Waals surface area contributed by atoms with Gasteiger partial charge in [0.25, 0.3) is 0 Å². The Kier molecular flexibility index (Phi) is 3.85. The highest BCUT2D eigenvalue weighted by Gasteiger charge is 2.31. The number of likely N-dealkylation sites (N-methyl/N-ethyl adjacent to an activating group) is 1. The Labute approximate surface area is 110 Å². The van der Waals surface area contributed by atoms with Gasteiger partial charge in [0.05, 0.1) is 0 Å². The van der Waals surface area contributed by atoms with E-state index in [1.165, 1.54) is 12.1 Å². The van der Waals surface area contributed by atoms with Crippen molar-refractivity contribution >= 4 is 5.57 Å². The van der Waals surface area contributed by atoms with Crippen molar-refractivity contribution in [1.82, 2.24) is 4.90 Å². The molecular weight excluding hydrogens is 255 g/mol. The molecule has 1 heterocycles. The van der Waals surface area contributed by atoms with Crippen molar-refractivity contribution in [3.63, 3.8) is 0 Å². The summed E-state index contributed by atoms with van der Waals surface area (Å²) in [5, 5.41) is 0. The van der Waals surface area contributed by atoms with Crippen LogP contribution in [0.4, 0.5) is 13.2 Å². The summed E-state index contributed by atoms with van der Waals surface area (Å²) >= 11 is 0. The summed E-state index contributed by atoms with van der Waals surface area (Å²) < 4.78 is 40.3. The van der Waals surface area contributed by atoms with Crippen molar-refractivity contribution < 1.29 is 17.9 Å². The van der Waals surface area contributed by atoms with Crippen LogP contribution in [0.25, 0.3) is 5.57 Å². The van der Waals surface area contributed by atoms with Gasteiger partial charge in [0.15, 0.2) is 0 Å². The number of nitrogens with zero attached hydrogens (tertiary/aromatic N) is 1. The van der Waals surface area contributed by atoms with Crippen molar-refractivity contribution in [2.75, 3.05) is 20.1 Å². The molecule has 19 heavy (non-hydrogen) atoms. The highest BCUT2D eigenvalue weighted by Crippen LogP contribution is 2.29. The van der Waals surface area contributed by atoms with Crippen LogP contribution in [0.2, 0.25) is 0 Å². The first kappa shape index (κ1) is 13.9. The van der Waals surface area contributed by atoms with Crippen LogP contribution in [0.1, 0.15) is 17.5 Å². The highest BCUT2D eigenvalue weighted by atomic mass is 19.4. The second kappa shape index (κ2) is 5.25. The number of alkyl halides is 3. The third-order valence-corrected chi connectivity index (χ3v) is 3.12. The highest BCUT2D eigenvalue weighted by molar-refractivity contribution is 5.70. The zero-order chi connectivity index (χ0) is 14.0. The molecule has 0 spiro atoms. The minimum Gasteiger partial charge on any atom is -0.406 e. The van der Waals surface area contributed by atoms with Crippen LogP contribution in [0.15, 0.2) is 24.3 Å². The van der Waals surface area contributed by atoms with Gasteiger partial charge in [-0.3, -0.25) is 0 Å². The Balaban J connectivity index is 2.22. The van der Waals surface area contributed by atoms with E-state index in [9.17, 15) is 13.2 Å². The Bertz CT molecular complexity index is 494. The molecule has 0 bridgehead atoms. The molecule has 0 atom stereocenters. The maximum atomic E-state index is 12.1. The summed E-state index contributed by atoms with van der Waals surface area (Å²) in [5.74, 6) is -0.168. The van der Waals surface area contributed by atoms with E-state index in [4.69, 9.17) is 0 Å². The van der Waals surface area contributed by atoms with E-state index in [2.05, 4.69) is 15.7 Å². The molecule has 2 rings (SSSR count). The fraction of sp³-hybridized carbons (Fsp3) is 0.429. The summed E-state index contributed by atoms with van der Waals surface area (Å²) in [6.45, 7) is 3.63. The molecule has 1 aromatic carbocycles. The Hall–Kier alpha value is -1.49. The second-order valence-corrected chi connectivity index (χ2v) is 4.78. The monoisotopic (exact) mass is 271 g/mol. The van der Waals surface area contributed by atoms with E-state index < -0.39 is 6.36 Å². The summed E-state index contributed by atoms with van der Waals surface area (Å²) in [5.41, 5.74) is 2.94. The molecule has 0 radical (unpaired) electrons. The summed E-state index contributed by atoms with van der Waals surface area (Å²) in [7, 11) is 2.03. The molecule has 0 fully saturated rings. The van der Waals surface area contributed by atoms with E-state index in [-0.39, 0.29) is 5.75 Å². The lowest BCUT2D eigenvalue weighted by molar-refractivity contribution is -0.274. The predicted octanol–water partition coefficient (Wildman–Crippen LogP) is 3.61. The van der Waals surface area contributed by atoms with Gasteiger partial charge in [-0.1, -0.05) is 12.1 Å². The SMILES string of the molecule is Cc1cc(OC(F)(F)F)ccc1C1=CCCN(C)C1. The van der Waals surface area contributed by atoms with E-state index in [1.54, 1.807) is 13.0 Å². The van der Waals surface area contributed by atoms with Gasteiger partial charge in [-0.25, -0.2) is 0 Å². The van der Waals surface area contributed by atoms with Gasteiger partial charge in [-0.15, -0.1) is 13.2 Å². The first-order chi connectivity index (χ1) is 8.85. The van der Waals surface area contributed by atoms with Gasteiger partial charge in [0.2, 0.25) is 0 Å². The Morgan fingerprint density at radius 1 is 1.26 bits per heavy atom. The largest absolute Gasteiger partial charge is 0.573 e. The van der Waals surface area contributed by atoms with E-state index in [0.29, 0.717) is 0 Å². The molecule has 104 valence electrons. The molecule has 1 aliphatic heterocycles. The summed E-state index contributed by atoms with van der Waals surface area (Å²) in [6, 6.07) is 4.49. The van der Waals surface area contributed by atoms with Crippen molar-refractivity contribution in [3.05, 3.63) is 35.4 Å². The average Bonchev–Trinajstić information content (AvgIpc) is 2.26. The minimum atomic E-state index is -4.64. The zero-order valence-corrected chi connectivity index (χ0v) is 10.9. The Morgan fingerprint density at radius 2 is 2.00 bits per heavy atom. The zero-order valence-electron chi connectivity index (χ0n) is 10.9. The smallest absolute Gasteiger partial charge is 0.406 e. The van der Waals surface area contributed by atoms with Crippen molar-refractivity contribution in [2.24, 2.45) is 0 Å². The van der Waals surface area contributed by atoms with E-state index in [0.717, 1.165) is 36.2 Å². The summed E-state index contributed by atoms with van der Waals surface area (Å²) in [6.07, 6.45) is -1.53. The number of rotatable bonds is 2. The number of ether oxygens (including phenoxy) is 1. The molecule has 0 N–H and O–H groups in total. The second-order valence-electron chi connectivity index (χ2n) is 4.78. The molecule has 0 aliphatic carbocycles. The van der Waals surface area contributed by atoms with Crippen LogP contribution in [-0.2, 0) is 0 Å². The molecule has 0 saturated carbocycles. The third kappa shape index (κ3) is 3.73. The third-order valence-electron chi connectivity index (χ3n) is 3.12.